The van der Waals surface area contributed by atoms with Crippen LogP contribution in [-0.2, 0) is 6.54 Å². The third kappa shape index (κ3) is 3.83. The van der Waals surface area contributed by atoms with E-state index in [0.717, 1.165) is 37.7 Å². The third-order valence-corrected chi connectivity index (χ3v) is 4.57. The summed E-state index contributed by atoms with van der Waals surface area (Å²) in [7, 11) is 0. The molecule has 1 aliphatic heterocycles. The van der Waals surface area contributed by atoms with Gasteiger partial charge in [-0.3, -0.25) is 9.58 Å². The van der Waals surface area contributed by atoms with E-state index in [1.165, 1.54) is 25.9 Å². The molecule has 20 heavy (non-hydrogen) atoms. The predicted octanol–water partition coefficient (Wildman–Crippen LogP) is 2.82. The van der Waals surface area contributed by atoms with E-state index >= 15 is 0 Å². The smallest absolute Gasteiger partial charge is 0.0762 e. The fourth-order valence-electron chi connectivity index (χ4n) is 3.25. The van der Waals surface area contributed by atoms with Crippen molar-refractivity contribution in [2.45, 2.75) is 65.1 Å². The molecule has 4 nitrogen and oxygen atoms in total. The Morgan fingerprint density at radius 2 is 2.15 bits per heavy atom. The van der Waals surface area contributed by atoms with Crippen LogP contribution in [0, 0.1) is 0 Å². The van der Waals surface area contributed by atoms with Gasteiger partial charge in [0.1, 0.15) is 0 Å². The summed E-state index contributed by atoms with van der Waals surface area (Å²) in [4.78, 5) is 2.58. The maximum absolute atomic E-state index is 4.70. The highest BCUT2D eigenvalue weighted by atomic mass is 15.3. The van der Waals surface area contributed by atoms with Crippen molar-refractivity contribution in [2.24, 2.45) is 0 Å². The maximum atomic E-state index is 4.70. The van der Waals surface area contributed by atoms with Crippen molar-refractivity contribution in [1.82, 2.24) is 20.0 Å². The number of rotatable bonds is 8. The van der Waals surface area contributed by atoms with Crippen molar-refractivity contribution in [3.63, 3.8) is 0 Å². The summed E-state index contributed by atoms with van der Waals surface area (Å²) in [5, 5.41) is 8.27. The van der Waals surface area contributed by atoms with Crippen LogP contribution < -0.4 is 5.32 Å². The maximum Gasteiger partial charge on any atom is 0.0762 e. The van der Waals surface area contributed by atoms with E-state index < -0.39 is 0 Å². The second-order valence-electron chi connectivity index (χ2n) is 5.81. The normalized spacial score (nSPS) is 20.1. The summed E-state index contributed by atoms with van der Waals surface area (Å²) >= 11 is 0. The molecule has 1 saturated heterocycles. The minimum absolute atomic E-state index is 0.550. The molecule has 114 valence electrons. The van der Waals surface area contributed by atoms with Crippen LogP contribution in [0.5, 0.6) is 0 Å². The van der Waals surface area contributed by atoms with Crippen molar-refractivity contribution in [1.29, 1.82) is 0 Å². The van der Waals surface area contributed by atoms with Crippen molar-refractivity contribution in [2.75, 3.05) is 19.6 Å². The highest BCUT2D eigenvalue weighted by molar-refractivity contribution is 4.99. The second kappa shape index (κ2) is 7.79. The zero-order chi connectivity index (χ0) is 14.4. The fourth-order valence-corrected chi connectivity index (χ4v) is 3.25. The van der Waals surface area contributed by atoms with Crippen molar-refractivity contribution < 1.29 is 0 Å². The minimum Gasteiger partial charge on any atom is -0.310 e. The first-order valence-electron chi connectivity index (χ1n) is 8.27. The zero-order valence-electron chi connectivity index (χ0n) is 13.3. The quantitative estimate of drug-likeness (QED) is 0.794. The van der Waals surface area contributed by atoms with Gasteiger partial charge in [-0.2, -0.15) is 5.10 Å². The summed E-state index contributed by atoms with van der Waals surface area (Å²) in [6.07, 6.45) is 7.12. The van der Waals surface area contributed by atoms with Crippen LogP contribution in [-0.4, -0.2) is 40.4 Å². The number of nitrogens with zero attached hydrogens (tertiary/aromatic N) is 3. The van der Waals surface area contributed by atoms with E-state index in [2.05, 4.69) is 47.9 Å². The number of hydrogen-bond donors (Lipinski definition) is 1. The molecule has 1 fully saturated rings. The Bertz CT molecular complexity index is 384. The van der Waals surface area contributed by atoms with Crippen LogP contribution in [0.3, 0.4) is 0 Å². The molecule has 0 saturated carbocycles. The lowest BCUT2D eigenvalue weighted by Crippen LogP contribution is -2.37. The number of nitrogens with one attached hydrogen (secondary N) is 1. The summed E-state index contributed by atoms with van der Waals surface area (Å²) in [5.41, 5.74) is 1.16. The molecule has 0 aliphatic carbocycles. The Labute approximate surface area is 123 Å². The summed E-state index contributed by atoms with van der Waals surface area (Å²) in [5.74, 6) is 0. The highest BCUT2D eigenvalue weighted by Crippen LogP contribution is 2.16. The first kappa shape index (κ1) is 15.5. The Morgan fingerprint density at radius 1 is 1.35 bits per heavy atom. The first-order chi connectivity index (χ1) is 9.78. The van der Waals surface area contributed by atoms with E-state index in [0.29, 0.717) is 6.04 Å². The summed E-state index contributed by atoms with van der Waals surface area (Å²) < 4.78 is 2.13. The first-order valence-corrected chi connectivity index (χ1v) is 8.27. The molecule has 2 heterocycles. The molecular weight excluding hydrogens is 248 g/mol. The Hall–Kier alpha value is -0.870. The Morgan fingerprint density at radius 3 is 2.85 bits per heavy atom. The molecule has 0 amide bonds. The molecule has 1 atom stereocenters. The molecule has 1 aliphatic rings. The van der Waals surface area contributed by atoms with Gasteiger partial charge in [-0.05, 0) is 44.8 Å². The molecule has 0 bridgehead atoms. The van der Waals surface area contributed by atoms with Gasteiger partial charge < -0.3 is 5.32 Å². The van der Waals surface area contributed by atoms with Gasteiger partial charge in [-0.15, -0.1) is 0 Å². The largest absolute Gasteiger partial charge is 0.310 e. The van der Waals surface area contributed by atoms with E-state index in [1.807, 2.05) is 0 Å². The third-order valence-electron chi connectivity index (χ3n) is 4.57. The lowest BCUT2D eigenvalue weighted by molar-refractivity contribution is 0.259. The topological polar surface area (TPSA) is 33.1 Å². The molecule has 0 spiro atoms. The monoisotopic (exact) mass is 278 g/mol. The summed E-state index contributed by atoms with van der Waals surface area (Å²) in [6.45, 7) is 11.1. The molecule has 1 aromatic heterocycles. The molecule has 1 aromatic rings. The van der Waals surface area contributed by atoms with Gasteiger partial charge in [-0.25, -0.2) is 0 Å². The van der Waals surface area contributed by atoms with Crippen LogP contribution >= 0.6 is 0 Å². The lowest BCUT2D eigenvalue weighted by atomic mass is 10.2. The lowest BCUT2D eigenvalue weighted by Gasteiger charge is -2.22. The van der Waals surface area contributed by atoms with Crippen LogP contribution in [0.15, 0.2) is 12.3 Å². The van der Waals surface area contributed by atoms with Gasteiger partial charge in [0.15, 0.2) is 0 Å². The molecule has 0 aromatic carbocycles. The molecule has 0 radical (unpaired) electrons. The van der Waals surface area contributed by atoms with Gasteiger partial charge in [0.25, 0.3) is 0 Å². The molecule has 4 heteroatoms. The van der Waals surface area contributed by atoms with Crippen LogP contribution in [0.4, 0.5) is 0 Å². The molecule has 1 N–H and O–H groups in total. The average molecular weight is 278 g/mol. The van der Waals surface area contributed by atoms with E-state index in [9.17, 15) is 0 Å². The number of likely N-dealkylation sites (N-methyl/N-ethyl adjacent to an activating group) is 1. The summed E-state index contributed by atoms with van der Waals surface area (Å²) in [6, 6.07) is 3.42. The molecule has 1 unspecified atom stereocenters. The second-order valence-corrected chi connectivity index (χ2v) is 5.81. The van der Waals surface area contributed by atoms with E-state index in [1.54, 1.807) is 0 Å². The van der Waals surface area contributed by atoms with E-state index in [4.69, 9.17) is 5.10 Å². The number of aromatic nitrogens is 2. The minimum atomic E-state index is 0.550. The average Bonchev–Trinajstić information content (AvgIpc) is 3.10. The van der Waals surface area contributed by atoms with Gasteiger partial charge >= 0.3 is 0 Å². The van der Waals surface area contributed by atoms with Crippen molar-refractivity contribution >= 4 is 0 Å². The Kier molecular flexibility index (Phi) is 6.05. The van der Waals surface area contributed by atoms with Crippen LogP contribution in [0.2, 0.25) is 0 Å². The van der Waals surface area contributed by atoms with E-state index in [-0.39, 0.29) is 0 Å². The fraction of sp³-hybridized carbons (Fsp3) is 0.812. The highest BCUT2D eigenvalue weighted by Gasteiger charge is 2.22. The van der Waals surface area contributed by atoms with Crippen molar-refractivity contribution in [3.8, 4) is 0 Å². The zero-order valence-corrected chi connectivity index (χ0v) is 13.3. The molecular formula is C16H30N4. The predicted molar refractivity (Wildman–Crippen MR) is 83.8 cm³/mol. The SMILES string of the molecule is CCC(CC)n1ccc(CNCC2CCCN2CC)n1. The van der Waals surface area contributed by atoms with Crippen LogP contribution in [0.1, 0.15) is 58.2 Å². The standard InChI is InChI=1S/C16H30N4/c1-4-15(5-2)20-11-9-14(18-20)12-17-13-16-8-7-10-19(16)6-3/h9,11,15-17H,4-8,10,12-13H2,1-3H3. The van der Waals surface area contributed by atoms with Gasteiger partial charge in [0.2, 0.25) is 0 Å². The van der Waals surface area contributed by atoms with Crippen LogP contribution in [0.25, 0.3) is 0 Å². The number of hydrogen-bond acceptors (Lipinski definition) is 3. The van der Waals surface area contributed by atoms with Gasteiger partial charge in [0, 0.05) is 25.3 Å². The van der Waals surface area contributed by atoms with Gasteiger partial charge in [0.05, 0.1) is 11.7 Å². The van der Waals surface area contributed by atoms with Gasteiger partial charge in [-0.1, -0.05) is 20.8 Å². The Balaban J connectivity index is 1.77. The van der Waals surface area contributed by atoms with Crippen molar-refractivity contribution in [3.05, 3.63) is 18.0 Å². The number of likely N-dealkylation sites (tertiary alicyclic amines) is 1. The molecule has 2 rings (SSSR count).